The number of rotatable bonds is 7. The second kappa shape index (κ2) is 11.6. The van der Waals surface area contributed by atoms with Crippen LogP contribution in [0.2, 0.25) is 0 Å². The zero-order chi connectivity index (χ0) is 27.1. The molecule has 1 amide bonds. The molecule has 8 heteroatoms. The lowest BCUT2D eigenvalue weighted by Crippen LogP contribution is -2.29. The van der Waals surface area contributed by atoms with Crippen LogP contribution in [0.15, 0.2) is 124 Å². The topological polar surface area (TPSA) is 114 Å². The van der Waals surface area contributed by atoms with Crippen molar-refractivity contribution in [3.8, 4) is 0 Å². The van der Waals surface area contributed by atoms with Gasteiger partial charge in [0.05, 0.1) is 10.6 Å². The minimum atomic E-state index is -4.21. The van der Waals surface area contributed by atoms with Gasteiger partial charge in [-0.3, -0.25) is 4.79 Å². The van der Waals surface area contributed by atoms with Gasteiger partial charge in [0.1, 0.15) is 5.57 Å². The normalized spacial score (nSPS) is 12.4. The number of nitrogens with two attached hydrogens (primary N) is 1. The lowest BCUT2D eigenvalue weighted by Gasteiger charge is -2.17. The molecule has 0 bridgehead atoms. The highest BCUT2D eigenvalue weighted by Crippen LogP contribution is 2.22. The minimum Gasteiger partial charge on any atom is -0.397 e. The molecule has 0 spiro atoms. The maximum Gasteiger partial charge on any atom is 0.284 e. The van der Waals surface area contributed by atoms with Crippen LogP contribution in [-0.4, -0.2) is 20.2 Å². The largest absolute Gasteiger partial charge is 0.397 e. The van der Waals surface area contributed by atoms with Crippen molar-refractivity contribution < 1.29 is 13.2 Å². The summed E-state index contributed by atoms with van der Waals surface area (Å²) in [5.41, 5.74) is 10.0. The predicted molar refractivity (Wildman–Crippen MR) is 153 cm³/mol. The van der Waals surface area contributed by atoms with Crippen molar-refractivity contribution in [3.63, 3.8) is 0 Å². The van der Waals surface area contributed by atoms with Crippen molar-refractivity contribution in [2.24, 2.45) is 10.1 Å². The van der Waals surface area contributed by atoms with Crippen LogP contribution in [0, 0.1) is 13.8 Å². The average Bonchev–Trinajstić information content (AvgIpc) is 2.90. The highest BCUT2D eigenvalue weighted by Gasteiger charge is 2.25. The number of amides is 1. The third-order valence-electron chi connectivity index (χ3n) is 5.69. The smallest absolute Gasteiger partial charge is 0.284 e. The fourth-order valence-corrected chi connectivity index (χ4v) is 4.58. The number of nitrogens with one attached hydrogen (secondary N) is 2. The van der Waals surface area contributed by atoms with E-state index in [1.807, 2.05) is 38.1 Å². The first-order valence-corrected chi connectivity index (χ1v) is 13.3. The number of carbonyl (C=O) groups is 1. The maximum absolute atomic E-state index is 13.7. The molecular weight excluding hydrogens is 496 g/mol. The van der Waals surface area contributed by atoms with Crippen LogP contribution in [-0.2, 0) is 14.8 Å². The molecule has 4 rings (SSSR count). The summed E-state index contributed by atoms with van der Waals surface area (Å²) in [5.74, 6) is -0.821. The van der Waals surface area contributed by atoms with Gasteiger partial charge in [0, 0.05) is 11.4 Å². The molecule has 7 nitrogen and oxygen atoms in total. The van der Waals surface area contributed by atoms with Gasteiger partial charge in [-0.1, -0.05) is 83.9 Å². The van der Waals surface area contributed by atoms with Gasteiger partial charge >= 0.3 is 0 Å². The highest BCUT2D eigenvalue weighted by atomic mass is 32.2. The molecule has 0 radical (unpaired) electrons. The van der Waals surface area contributed by atoms with E-state index in [-0.39, 0.29) is 22.0 Å². The molecule has 0 atom stereocenters. The van der Waals surface area contributed by atoms with Crippen LogP contribution in [0.3, 0.4) is 0 Å². The Hall–Kier alpha value is -4.69. The van der Waals surface area contributed by atoms with Crippen LogP contribution < -0.4 is 16.4 Å². The molecule has 4 aromatic rings. The summed E-state index contributed by atoms with van der Waals surface area (Å²) in [6, 6.07) is 31.3. The van der Waals surface area contributed by atoms with E-state index in [1.165, 1.54) is 12.1 Å². The molecule has 0 aromatic heterocycles. The molecule has 0 aliphatic carbocycles. The quantitative estimate of drug-likeness (QED) is 0.168. The first-order chi connectivity index (χ1) is 18.2. The number of aryl methyl sites for hydroxylation is 2. The maximum atomic E-state index is 13.7. The van der Waals surface area contributed by atoms with E-state index in [1.54, 1.807) is 72.8 Å². The number of hydrogen-bond donors (Lipinski definition) is 3. The molecule has 0 heterocycles. The van der Waals surface area contributed by atoms with Crippen molar-refractivity contribution in [2.75, 3.05) is 10.6 Å². The molecule has 4 aromatic carbocycles. The van der Waals surface area contributed by atoms with Crippen LogP contribution in [0.4, 0.5) is 11.4 Å². The van der Waals surface area contributed by atoms with Crippen molar-refractivity contribution >= 4 is 38.8 Å². The second-order valence-corrected chi connectivity index (χ2v) is 10.3. The third kappa shape index (κ3) is 6.54. The molecular formula is C30H28N4O3S. The molecule has 0 saturated carbocycles. The highest BCUT2D eigenvalue weighted by molar-refractivity contribution is 7.90. The number of nitrogens with zero attached hydrogens (tertiary/aromatic N) is 1. The summed E-state index contributed by atoms with van der Waals surface area (Å²) in [6.45, 7) is 3.80. The van der Waals surface area contributed by atoms with Crippen molar-refractivity contribution in [3.05, 3.63) is 131 Å². The van der Waals surface area contributed by atoms with E-state index in [2.05, 4.69) is 15.0 Å². The first kappa shape index (κ1) is 26.4. The summed E-state index contributed by atoms with van der Waals surface area (Å²) >= 11 is 0. The SMILES string of the molecule is Cc1ccc(/C(N)=C(C(=O)Nc2ccccc2)\C(=N/S(=O)(=O)c2ccc(C)cc2)Nc2ccccc2)cc1. The van der Waals surface area contributed by atoms with E-state index < -0.39 is 15.9 Å². The molecule has 0 fully saturated rings. The second-order valence-electron chi connectivity index (χ2n) is 8.69. The van der Waals surface area contributed by atoms with Gasteiger partial charge in [-0.2, -0.15) is 8.42 Å². The number of carbonyl (C=O) groups excluding carboxylic acids is 1. The number of hydrogen-bond acceptors (Lipinski definition) is 4. The van der Waals surface area contributed by atoms with Crippen molar-refractivity contribution in [1.82, 2.24) is 0 Å². The summed E-state index contributed by atoms with van der Waals surface area (Å²) in [5, 5.41) is 5.83. The molecule has 0 saturated heterocycles. The van der Waals surface area contributed by atoms with Gasteiger partial charge in [0.15, 0.2) is 5.84 Å². The fourth-order valence-electron chi connectivity index (χ4n) is 3.62. The van der Waals surface area contributed by atoms with Crippen LogP contribution in [0.25, 0.3) is 5.70 Å². The Morgan fingerprint density at radius 2 is 1.16 bits per heavy atom. The third-order valence-corrected chi connectivity index (χ3v) is 6.99. The Morgan fingerprint density at radius 1 is 0.684 bits per heavy atom. The number of benzene rings is 4. The Morgan fingerprint density at radius 3 is 1.68 bits per heavy atom. The van der Waals surface area contributed by atoms with Crippen LogP contribution in [0.1, 0.15) is 16.7 Å². The standard InChI is InChI=1S/C30H28N4O3S/c1-21-13-17-23(18-14-21)28(31)27(30(35)33-25-11-7-4-8-12-25)29(32-24-9-5-3-6-10-24)34-38(36,37)26-19-15-22(2)16-20-26/h3-20H,31H2,1-2H3,(H,32,34)(H,33,35)/b28-27-. The number of para-hydroxylation sites is 2. The van der Waals surface area contributed by atoms with Gasteiger partial charge in [-0.05, 0) is 55.8 Å². The Kier molecular flexibility index (Phi) is 8.03. The first-order valence-electron chi connectivity index (χ1n) is 11.9. The van der Waals surface area contributed by atoms with Crippen molar-refractivity contribution in [2.45, 2.75) is 18.7 Å². The number of anilines is 2. The zero-order valence-electron chi connectivity index (χ0n) is 21.0. The van der Waals surface area contributed by atoms with E-state index in [9.17, 15) is 13.2 Å². The van der Waals surface area contributed by atoms with Gasteiger partial charge in [0.2, 0.25) is 0 Å². The summed E-state index contributed by atoms with van der Waals surface area (Å²) in [4.78, 5) is 13.7. The number of amidine groups is 1. The Bertz CT molecular complexity index is 1580. The van der Waals surface area contributed by atoms with Gasteiger partial charge < -0.3 is 16.4 Å². The predicted octanol–water partition coefficient (Wildman–Crippen LogP) is 5.51. The zero-order valence-corrected chi connectivity index (χ0v) is 21.9. The molecule has 4 N–H and O–H groups in total. The molecule has 38 heavy (non-hydrogen) atoms. The van der Waals surface area contributed by atoms with E-state index >= 15 is 0 Å². The summed E-state index contributed by atoms with van der Waals surface area (Å²) in [6.07, 6.45) is 0. The van der Waals surface area contributed by atoms with Gasteiger partial charge in [-0.25, -0.2) is 0 Å². The average molecular weight is 525 g/mol. The van der Waals surface area contributed by atoms with Crippen LogP contribution in [0.5, 0.6) is 0 Å². The molecule has 0 aliphatic rings. The lowest BCUT2D eigenvalue weighted by molar-refractivity contribution is -0.112. The number of sulfonamides is 1. The molecule has 0 aliphatic heterocycles. The van der Waals surface area contributed by atoms with Gasteiger partial charge in [0.25, 0.3) is 15.9 Å². The van der Waals surface area contributed by atoms with Gasteiger partial charge in [-0.15, -0.1) is 4.40 Å². The lowest BCUT2D eigenvalue weighted by atomic mass is 10.0. The molecule has 0 unspecified atom stereocenters. The minimum absolute atomic E-state index is 0.00723. The Balaban J connectivity index is 1.92. The summed E-state index contributed by atoms with van der Waals surface area (Å²) in [7, 11) is -4.21. The fraction of sp³-hybridized carbons (Fsp3) is 0.0667. The Labute approximate surface area is 222 Å². The van der Waals surface area contributed by atoms with E-state index in [0.717, 1.165) is 11.1 Å². The van der Waals surface area contributed by atoms with Crippen LogP contribution >= 0.6 is 0 Å². The van der Waals surface area contributed by atoms with E-state index in [4.69, 9.17) is 5.73 Å². The summed E-state index contributed by atoms with van der Waals surface area (Å²) < 4.78 is 30.9. The molecule has 192 valence electrons. The van der Waals surface area contributed by atoms with E-state index in [0.29, 0.717) is 16.9 Å². The monoisotopic (exact) mass is 524 g/mol. The van der Waals surface area contributed by atoms with Crippen molar-refractivity contribution in [1.29, 1.82) is 0 Å².